The topological polar surface area (TPSA) is 9.23 Å². The van der Waals surface area contributed by atoms with Crippen molar-refractivity contribution < 1.29 is 31.1 Å². The fourth-order valence-corrected chi connectivity index (χ4v) is 5.27. The smallest absolute Gasteiger partial charge is 0.194 e. The zero-order valence-corrected chi connectivity index (χ0v) is 21.0. The molecule has 0 spiro atoms. The van der Waals surface area contributed by atoms with Gasteiger partial charge in [-0.1, -0.05) is 50.8 Å². The maximum atomic E-state index is 15.4. The van der Waals surface area contributed by atoms with Crippen molar-refractivity contribution in [1.29, 1.82) is 0 Å². The molecule has 0 aliphatic heterocycles. The molecule has 7 heteroatoms. The van der Waals surface area contributed by atoms with E-state index >= 15 is 8.78 Å². The van der Waals surface area contributed by atoms with Crippen LogP contribution in [0.15, 0.2) is 36.4 Å². The summed E-state index contributed by atoms with van der Waals surface area (Å²) in [7, 11) is 0. The first kappa shape index (κ1) is 27.1. The van der Waals surface area contributed by atoms with Gasteiger partial charge in [0.1, 0.15) is 5.75 Å². The minimum Gasteiger partial charge on any atom is -0.453 e. The first-order valence-corrected chi connectivity index (χ1v) is 12.8. The summed E-state index contributed by atoms with van der Waals surface area (Å²) in [5, 5.41) is 0. The number of hydrogen-bond donors (Lipinski definition) is 0. The number of benzene rings is 3. The lowest BCUT2D eigenvalue weighted by molar-refractivity contribution is 0.291. The first-order valence-electron chi connectivity index (χ1n) is 12.8. The quantitative estimate of drug-likeness (QED) is 0.124. The van der Waals surface area contributed by atoms with E-state index in [2.05, 4.69) is 6.92 Å². The summed E-state index contributed by atoms with van der Waals surface area (Å²) in [6, 6.07) is 7.62. The average molecular weight is 521 g/mol. The predicted octanol–water partition coefficient (Wildman–Crippen LogP) is 10.1. The highest BCUT2D eigenvalue weighted by atomic mass is 19.2. The Balaban J connectivity index is 1.71. The zero-order valence-electron chi connectivity index (χ0n) is 21.0. The van der Waals surface area contributed by atoms with Crippen LogP contribution in [0.3, 0.4) is 0 Å². The Kier molecular flexibility index (Phi) is 8.50. The van der Waals surface area contributed by atoms with Crippen molar-refractivity contribution in [2.45, 2.75) is 71.1 Å². The third kappa shape index (κ3) is 5.65. The van der Waals surface area contributed by atoms with Crippen LogP contribution in [-0.4, -0.2) is 0 Å². The molecule has 0 radical (unpaired) electrons. The van der Waals surface area contributed by atoms with Gasteiger partial charge in [-0.2, -0.15) is 0 Å². The predicted molar refractivity (Wildman–Crippen MR) is 132 cm³/mol. The SMILES string of the molecule is CCCCCC1CCC(c2c(F)c(F)c(C)c(F)c2Oc2ccccc2-c2cc(F)c(F)c(F)c2)CC1. The van der Waals surface area contributed by atoms with E-state index in [0.29, 0.717) is 18.8 Å². The standard InChI is InChI=1S/C30H30F6O/c1-3-4-5-8-18-11-13-19(14-12-18)25-29(36)26(33)17(2)27(34)30(25)37-24-10-7-6-9-21(24)20-15-22(31)28(35)23(32)16-20/h6-7,9-10,15-16,18-19H,3-5,8,11-14H2,1-2H3. The van der Waals surface area contributed by atoms with Crippen molar-refractivity contribution in [2.75, 3.05) is 0 Å². The summed E-state index contributed by atoms with van der Waals surface area (Å²) in [5.74, 6) is -8.20. The maximum Gasteiger partial charge on any atom is 0.194 e. The molecule has 1 fully saturated rings. The third-order valence-corrected chi connectivity index (χ3v) is 7.40. The number of para-hydroxylation sites is 1. The van der Waals surface area contributed by atoms with Crippen LogP contribution in [0, 0.1) is 47.7 Å². The Hall–Kier alpha value is -2.96. The molecular formula is C30H30F6O. The van der Waals surface area contributed by atoms with Crippen molar-refractivity contribution in [3.63, 3.8) is 0 Å². The Morgan fingerprint density at radius 3 is 2.08 bits per heavy atom. The summed E-state index contributed by atoms with van der Waals surface area (Å²) in [5.41, 5.74) is -0.562. The third-order valence-electron chi connectivity index (χ3n) is 7.40. The molecule has 198 valence electrons. The number of ether oxygens (including phenoxy) is 1. The van der Waals surface area contributed by atoms with Crippen LogP contribution in [0.5, 0.6) is 11.5 Å². The molecule has 0 unspecified atom stereocenters. The molecule has 1 nitrogen and oxygen atoms in total. The van der Waals surface area contributed by atoms with Gasteiger partial charge < -0.3 is 4.74 Å². The van der Waals surface area contributed by atoms with Crippen molar-refractivity contribution in [2.24, 2.45) is 5.92 Å². The molecule has 0 saturated heterocycles. The number of rotatable bonds is 8. The first-order chi connectivity index (χ1) is 17.7. The average Bonchev–Trinajstić information content (AvgIpc) is 2.90. The minimum absolute atomic E-state index is 0.0216. The Bertz CT molecular complexity index is 1240. The van der Waals surface area contributed by atoms with Crippen LogP contribution < -0.4 is 4.74 Å². The molecule has 0 amide bonds. The second kappa shape index (κ2) is 11.6. The molecule has 0 N–H and O–H groups in total. The van der Waals surface area contributed by atoms with E-state index in [4.69, 9.17) is 4.74 Å². The van der Waals surface area contributed by atoms with Gasteiger partial charge in [-0.25, -0.2) is 26.3 Å². The zero-order chi connectivity index (χ0) is 26.7. The molecule has 1 saturated carbocycles. The van der Waals surface area contributed by atoms with Crippen LogP contribution in [-0.2, 0) is 0 Å². The Morgan fingerprint density at radius 2 is 1.43 bits per heavy atom. The van der Waals surface area contributed by atoms with Gasteiger partial charge in [-0.15, -0.1) is 0 Å². The second-order valence-electron chi connectivity index (χ2n) is 9.88. The molecule has 3 aromatic rings. The van der Waals surface area contributed by atoms with Gasteiger partial charge >= 0.3 is 0 Å². The van der Waals surface area contributed by atoms with Crippen LogP contribution in [0.1, 0.15) is 75.3 Å². The normalized spacial score (nSPS) is 17.7. The number of halogens is 6. The van der Waals surface area contributed by atoms with Gasteiger partial charge in [-0.05, 0) is 68.2 Å². The van der Waals surface area contributed by atoms with Gasteiger partial charge in [0.05, 0.1) is 0 Å². The molecule has 0 atom stereocenters. The van der Waals surface area contributed by atoms with Crippen molar-refractivity contribution in [1.82, 2.24) is 0 Å². The van der Waals surface area contributed by atoms with E-state index in [0.717, 1.165) is 57.6 Å². The fraction of sp³-hybridized carbons (Fsp3) is 0.400. The lowest BCUT2D eigenvalue weighted by atomic mass is 9.76. The molecule has 0 aromatic heterocycles. The lowest BCUT2D eigenvalue weighted by Crippen LogP contribution is -2.17. The summed E-state index contributed by atoms with van der Waals surface area (Å²) in [6.07, 6.45) is 7.29. The van der Waals surface area contributed by atoms with E-state index in [-0.39, 0.29) is 22.4 Å². The van der Waals surface area contributed by atoms with Gasteiger partial charge in [-0.3, -0.25) is 0 Å². The molecule has 0 heterocycles. The highest BCUT2D eigenvalue weighted by Crippen LogP contribution is 2.46. The molecule has 4 rings (SSSR count). The van der Waals surface area contributed by atoms with E-state index in [1.807, 2.05) is 0 Å². The summed E-state index contributed by atoms with van der Waals surface area (Å²) in [4.78, 5) is 0. The van der Waals surface area contributed by atoms with E-state index < -0.39 is 52.1 Å². The van der Waals surface area contributed by atoms with E-state index in [9.17, 15) is 17.6 Å². The summed E-state index contributed by atoms with van der Waals surface area (Å²) < 4.78 is 92.7. The van der Waals surface area contributed by atoms with Crippen molar-refractivity contribution >= 4 is 0 Å². The summed E-state index contributed by atoms with van der Waals surface area (Å²) >= 11 is 0. The van der Waals surface area contributed by atoms with Gasteiger partial charge in [0.15, 0.2) is 40.7 Å². The monoisotopic (exact) mass is 520 g/mol. The highest BCUT2D eigenvalue weighted by molar-refractivity contribution is 5.71. The van der Waals surface area contributed by atoms with Gasteiger partial charge in [0, 0.05) is 16.7 Å². The lowest BCUT2D eigenvalue weighted by Gasteiger charge is -2.30. The number of unbranched alkanes of at least 4 members (excludes halogenated alkanes) is 2. The van der Waals surface area contributed by atoms with Gasteiger partial charge in [0.25, 0.3) is 0 Å². The largest absolute Gasteiger partial charge is 0.453 e. The maximum absolute atomic E-state index is 15.4. The minimum atomic E-state index is -1.61. The van der Waals surface area contributed by atoms with Crippen LogP contribution >= 0.6 is 0 Å². The van der Waals surface area contributed by atoms with E-state index in [1.54, 1.807) is 12.1 Å². The fourth-order valence-electron chi connectivity index (χ4n) is 5.27. The number of hydrogen-bond acceptors (Lipinski definition) is 1. The summed E-state index contributed by atoms with van der Waals surface area (Å²) in [6.45, 7) is 3.27. The van der Waals surface area contributed by atoms with Gasteiger partial charge in [0.2, 0.25) is 0 Å². The molecule has 3 aromatic carbocycles. The van der Waals surface area contributed by atoms with Crippen molar-refractivity contribution in [3.8, 4) is 22.6 Å². The molecular weight excluding hydrogens is 490 g/mol. The van der Waals surface area contributed by atoms with Crippen LogP contribution in [0.2, 0.25) is 0 Å². The highest BCUT2D eigenvalue weighted by Gasteiger charge is 2.32. The van der Waals surface area contributed by atoms with Crippen LogP contribution in [0.25, 0.3) is 11.1 Å². The Morgan fingerprint density at radius 1 is 0.784 bits per heavy atom. The molecule has 37 heavy (non-hydrogen) atoms. The second-order valence-corrected chi connectivity index (χ2v) is 9.88. The molecule has 1 aliphatic rings. The Labute approximate surface area is 213 Å². The molecule has 0 bridgehead atoms. The van der Waals surface area contributed by atoms with Crippen molar-refractivity contribution in [3.05, 3.63) is 82.4 Å². The van der Waals surface area contributed by atoms with E-state index in [1.165, 1.54) is 12.1 Å². The van der Waals surface area contributed by atoms with Crippen LogP contribution in [0.4, 0.5) is 26.3 Å². The molecule has 1 aliphatic carbocycles.